The van der Waals surface area contributed by atoms with Gasteiger partial charge in [-0.1, -0.05) is 176 Å². The van der Waals surface area contributed by atoms with Gasteiger partial charge in [0.05, 0.1) is 11.4 Å². The Bertz CT molecular complexity index is 4120. The van der Waals surface area contributed by atoms with Gasteiger partial charge in [0.1, 0.15) is 0 Å². The van der Waals surface area contributed by atoms with E-state index >= 15 is 0 Å². The number of hydrogen-bond acceptors (Lipinski definition) is 4. The number of allylic oxidation sites excluding steroid dienone is 4. The summed E-state index contributed by atoms with van der Waals surface area (Å²) < 4.78 is 2.86. The maximum atomic E-state index is 2.82. The Kier molecular flexibility index (Phi) is 11.0. The van der Waals surface area contributed by atoms with Gasteiger partial charge in [0.2, 0.25) is 0 Å². The molecule has 3 nitrogen and oxygen atoms in total. The summed E-state index contributed by atoms with van der Waals surface area (Å²) in [7, 11) is 0. The van der Waals surface area contributed by atoms with Crippen LogP contribution in [0.4, 0.5) is 45.5 Å². The molecule has 0 radical (unpaired) electrons. The van der Waals surface area contributed by atoms with E-state index in [1.165, 1.54) is 152 Å². The van der Waals surface area contributed by atoms with Crippen LogP contribution in [0.25, 0.3) is 21.2 Å². The number of para-hydroxylation sites is 1. The molecule has 7 aliphatic rings. The SMILES string of the molecule is CC1(C)CCC(C)(C)c2cc(N3c4cc5c(cc4B4c6sc7cc8c(cc7c6N(c6cccc7c6-c6ccccc6C7(C)C)c6cc(N(C7=CC=CCC7)c7ccccc7)cc3c64)C(C)(C)CCC8(C)C)C(C)(C)CCC5(C)C)ccc21. The highest BCUT2D eigenvalue weighted by Crippen LogP contribution is 2.60. The highest BCUT2D eigenvalue weighted by Gasteiger charge is 2.51. The van der Waals surface area contributed by atoms with Crippen molar-refractivity contribution in [2.75, 3.05) is 14.7 Å². The van der Waals surface area contributed by atoms with Crippen LogP contribution in [0.2, 0.25) is 0 Å². The van der Waals surface area contributed by atoms with E-state index in [-0.39, 0.29) is 44.6 Å². The largest absolute Gasteiger partial charge is 0.314 e. The van der Waals surface area contributed by atoms with Gasteiger partial charge in [-0.15, -0.1) is 11.3 Å². The van der Waals surface area contributed by atoms with Crippen molar-refractivity contribution in [1.29, 1.82) is 0 Å². The van der Waals surface area contributed by atoms with Crippen LogP contribution in [-0.4, -0.2) is 6.71 Å². The highest BCUT2D eigenvalue weighted by molar-refractivity contribution is 7.33. The third kappa shape index (κ3) is 7.39. The molecule has 7 aromatic carbocycles. The summed E-state index contributed by atoms with van der Waals surface area (Å²) in [5, 5.41) is 1.38. The molecule has 414 valence electrons. The Balaban J connectivity index is 1.14. The second kappa shape index (κ2) is 17.3. The first-order valence-corrected chi connectivity index (χ1v) is 31.9. The van der Waals surface area contributed by atoms with Gasteiger partial charge in [0.15, 0.2) is 0 Å². The lowest BCUT2D eigenvalue weighted by Crippen LogP contribution is -2.61. The van der Waals surface area contributed by atoms with Crippen LogP contribution >= 0.6 is 11.3 Å². The molecule has 3 heterocycles. The fourth-order valence-electron chi connectivity index (χ4n) is 16.7. The van der Waals surface area contributed by atoms with Crippen molar-refractivity contribution in [2.45, 2.75) is 186 Å². The second-order valence-electron chi connectivity index (χ2n) is 30.4. The van der Waals surface area contributed by atoms with Crippen LogP contribution in [0, 0.1) is 0 Å². The Morgan fingerprint density at radius 2 is 1.04 bits per heavy atom. The predicted molar refractivity (Wildman–Crippen MR) is 354 cm³/mol. The lowest BCUT2D eigenvalue weighted by molar-refractivity contribution is 0.332. The first-order chi connectivity index (χ1) is 38.9. The predicted octanol–water partition coefficient (Wildman–Crippen LogP) is 19.7. The van der Waals surface area contributed by atoms with E-state index in [4.69, 9.17) is 0 Å². The number of fused-ring (bicyclic) bond motifs is 12. The molecule has 0 spiro atoms. The number of hydrogen-bond donors (Lipinski definition) is 0. The number of benzene rings is 7. The molecule has 0 amide bonds. The monoisotopic (exact) mass is 1090 g/mol. The van der Waals surface area contributed by atoms with E-state index in [9.17, 15) is 0 Å². The van der Waals surface area contributed by atoms with Crippen LogP contribution in [0.15, 0.2) is 151 Å². The van der Waals surface area contributed by atoms with Crippen LogP contribution < -0.4 is 30.4 Å². The minimum absolute atomic E-state index is 0.00829. The van der Waals surface area contributed by atoms with E-state index in [0.717, 1.165) is 32.1 Å². The van der Waals surface area contributed by atoms with Gasteiger partial charge in [0, 0.05) is 65.7 Å². The molecule has 8 aromatic rings. The molecule has 0 fully saturated rings. The van der Waals surface area contributed by atoms with Gasteiger partial charge in [0.25, 0.3) is 6.71 Å². The molecule has 5 heteroatoms. The fourth-order valence-corrected chi connectivity index (χ4v) is 18.1. The van der Waals surface area contributed by atoms with Crippen LogP contribution in [0.1, 0.15) is 193 Å². The molecule has 0 saturated carbocycles. The zero-order chi connectivity index (χ0) is 57.0. The highest BCUT2D eigenvalue weighted by atomic mass is 32.1. The van der Waals surface area contributed by atoms with E-state index in [1.807, 2.05) is 0 Å². The first kappa shape index (κ1) is 52.3. The molecule has 0 N–H and O–H groups in total. The van der Waals surface area contributed by atoms with Crippen LogP contribution in [0.3, 0.4) is 0 Å². The van der Waals surface area contributed by atoms with Crippen molar-refractivity contribution in [1.82, 2.24) is 0 Å². The average molecular weight is 1090 g/mol. The molecule has 1 aromatic heterocycles. The van der Waals surface area contributed by atoms with Gasteiger partial charge in [-0.2, -0.15) is 0 Å². The number of nitrogens with zero attached hydrogens (tertiary/aromatic N) is 3. The van der Waals surface area contributed by atoms with Gasteiger partial charge in [-0.25, -0.2) is 0 Å². The van der Waals surface area contributed by atoms with Crippen molar-refractivity contribution in [3.05, 3.63) is 196 Å². The summed E-state index contributed by atoms with van der Waals surface area (Å²) in [6, 6.07) is 51.6. The lowest BCUT2D eigenvalue weighted by atomic mass is 9.35. The van der Waals surface area contributed by atoms with Crippen LogP contribution in [-0.2, 0) is 37.9 Å². The summed E-state index contributed by atoms with van der Waals surface area (Å²) in [5.41, 5.74) is 28.9. The minimum atomic E-state index is -0.176. The Labute approximate surface area is 494 Å². The fraction of sp³-hybridized carbons (Fsp3) is 0.377. The van der Waals surface area contributed by atoms with Crippen molar-refractivity contribution < 1.29 is 0 Å². The number of rotatable bonds is 5. The van der Waals surface area contributed by atoms with Crippen molar-refractivity contribution in [3.8, 4) is 11.1 Å². The lowest BCUT2D eigenvalue weighted by Gasteiger charge is -2.48. The third-order valence-electron chi connectivity index (χ3n) is 22.1. The van der Waals surface area contributed by atoms with Crippen molar-refractivity contribution in [3.63, 3.8) is 0 Å². The molecule has 0 bridgehead atoms. The molecular formula is C77H82BN3S. The quantitative estimate of drug-likeness (QED) is 0.159. The molecule has 0 atom stereocenters. The summed E-state index contributed by atoms with van der Waals surface area (Å²) in [5.74, 6) is 0. The Morgan fingerprint density at radius 1 is 0.463 bits per heavy atom. The number of thiophene rings is 1. The average Bonchev–Trinajstić information content (AvgIpc) is 2.25. The third-order valence-corrected chi connectivity index (χ3v) is 23.3. The molecule has 5 aliphatic carbocycles. The zero-order valence-corrected chi connectivity index (χ0v) is 52.2. The maximum Gasteiger partial charge on any atom is 0.264 e. The molecule has 15 rings (SSSR count). The van der Waals surface area contributed by atoms with E-state index in [1.54, 1.807) is 0 Å². The van der Waals surface area contributed by atoms with Crippen molar-refractivity contribution in [2.24, 2.45) is 0 Å². The summed E-state index contributed by atoms with van der Waals surface area (Å²) in [4.78, 5) is 8.20. The molecular weight excluding hydrogens is 1010 g/mol. The number of anilines is 8. The summed E-state index contributed by atoms with van der Waals surface area (Å²) in [6.07, 6.45) is 16.0. The summed E-state index contributed by atoms with van der Waals surface area (Å²) >= 11 is 2.09. The Hall–Kier alpha value is -6.56. The van der Waals surface area contributed by atoms with Crippen LogP contribution in [0.5, 0.6) is 0 Å². The molecule has 82 heavy (non-hydrogen) atoms. The topological polar surface area (TPSA) is 9.72 Å². The normalized spacial score (nSPS) is 20.8. The molecule has 2 aliphatic heterocycles. The maximum absolute atomic E-state index is 2.82. The van der Waals surface area contributed by atoms with E-state index in [2.05, 4.69) is 269 Å². The van der Waals surface area contributed by atoms with Gasteiger partial charge in [-0.3, -0.25) is 0 Å². The van der Waals surface area contributed by atoms with E-state index < -0.39 is 0 Å². The molecule has 0 saturated heterocycles. The first-order valence-electron chi connectivity index (χ1n) is 31.1. The standard InChI is InChI=1S/C77H82BN3S/c1-71(2)34-35-72(3,4)56-40-49(32-33-54(56)71)80-63-45-59-58(74(7,8)37-38-75(59,9)10)44-61(63)78-68-64(80)41-50(79(47-24-17-15-18-25-47)48-26-19-16-20-27-48)42-65(68)81(62-31-23-30-55-67(62)51-28-21-22-29-53(51)77(55,13)14)69-52-43-57-60(46-66(52)82-70(69)78)76(11,12)39-36-73(57,5)6/h15-19,21-26,28-33,40-46H,20,27,34-39H2,1-14H3. The van der Waals surface area contributed by atoms with Crippen molar-refractivity contribution >= 4 is 89.3 Å². The summed E-state index contributed by atoms with van der Waals surface area (Å²) in [6.45, 7) is 34.9. The van der Waals surface area contributed by atoms with Gasteiger partial charge < -0.3 is 14.7 Å². The van der Waals surface area contributed by atoms with Gasteiger partial charge >= 0.3 is 0 Å². The smallest absolute Gasteiger partial charge is 0.264 e. The Morgan fingerprint density at radius 3 is 1.70 bits per heavy atom. The molecule has 0 unspecified atom stereocenters. The van der Waals surface area contributed by atoms with E-state index in [0.29, 0.717) is 0 Å². The van der Waals surface area contributed by atoms with Gasteiger partial charge in [-0.05, 0) is 212 Å². The minimum Gasteiger partial charge on any atom is -0.314 e. The zero-order valence-electron chi connectivity index (χ0n) is 51.3. The second-order valence-corrected chi connectivity index (χ2v) is 31.5.